The summed E-state index contributed by atoms with van der Waals surface area (Å²) in [5.41, 5.74) is 1.48. The Kier molecular flexibility index (Phi) is 8.43. The largest absolute Gasteiger partial charge is 0.497 e. The Morgan fingerprint density at radius 1 is 0.949 bits per heavy atom. The summed E-state index contributed by atoms with van der Waals surface area (Å²) >= 11 is 0. The second-order valence-corrected chi connectivity index (χ2v) is 9.13. The molecule has 0 bridgehead atoms. The van der Waals surface area contributed by atoms with Crippen LogP contribution in [0.15, 0.2) is 48.5 Å². The molecule has 1 atom stereocenters. The number of esters is 1. The standard InChI is InChI=1S/C29H32N4O6/c1-6-39-29(36)24-25(20-10-8-7-9-11-20)30-19(3)31-26(24)28(35)32-12-13-33(18(2)17-32)27(34)21-14-22(37-4)16-23(15-21)38-5/h7-11,14-16,18H,6,12-13,17H2,1-5H3. The van der Waals surface area contributed by atoms with Crippen LogP contribution in [-0.4, -0.2) is 84.1 Å². The molecule has 1 aliphatic heterocycles. The normalized spacial score (nSPS) is 15.1. The zero-order chi connectivity index (χ0) is 28.1. The van der Waals surface area contributed by atoms with Crippen LogP contribution in [0.2, 0.25) is 0 Å². The number of carbonyl (C=O) groups is 3. The van der Waals surface area contributed by atoms with Crippen LogP contribution in [0.25, 0.3) is 11.3 Å². The van der Waals surface area contributed by atoms with Gasteiger partial charge in [0.1, 0.15) is 28.6 Å². The van der Waals surface area contributed by atoms with Gasteiger partial charge >= 0.3 is 5.97 Å². The van der Waals surface area contributed by atoms with Crippen molar-refractivity contribution in [2.45, 2.75) is 26.8 Å². The highest BCUT2D eigenvalue weighted by Crippen LogP contribution is 2.28. The van der Waals surface area contributed by atoms with Crippen molar-refractivity contribution < 1.29 is 28.6 Å². The van der Waals surface area contributed by atoms with Crippen LogP contribution >= 0.6 is 0 Å². The van der Waals surface area contributed by atoms with Crippen LogP contribution in [0, 0.1) is 6.92 Å². The molecule has 2 amide bonds. The van der Waals surface area contributed by atoms with Crippen molar-refractivity contribution >= 4 is 17.8 Å². The fourth-order valence-corrected chi connectivity index (χ4v) is 4.62. The topological polar surface area (TPSA) is 111 Å². The average molecular weight is 533 g/mol. The highest BCUT2D eigenvalue weighted by atomic mass is 16.5. The van der Waals surface area contributed by atoms with Crippen LogP contribution in [0.1, 0.15) is 50.9 Å². The molecule has 204 valence electrons. The molecule has 10 nitrogen and oxygen atoms in total. The SMILES string of the molecule is CCOC(=O)c1c(C(=O)N2CCN(C(=O)c3cc(OC)cc(OC)c3)C(C)C2)nc(C)nc1-c1ccccc1. The van der Waals surface area contributed by atoms with Crippen LogP contribution < -0.4 is 9.47 Å². The van der Waals surface area contributed by atoms with Crippen molar-refractivity contribution in [2.75, 3.05) is 40.5 Å². The second kappa shape index (κ2) is 11.9. The molecule has 2 heterocycles. The Morgan fingerprint density at radius 3 is 2.21 bits per heavy atom. The predicted octanol–water partition coefficient (Wildman–Crippen LogP) is 3.63. The maximum absolute atomic E-state index is 13.8. The molecule has 0 N–H and O–H groups in total. The van der Waals surface area contributed by atoms with Gasteiger partial charge in [0.25, 0.3) is 11.8 Å². The summed E-state index contributed by atoms with van der Waals surface area (Å²) in [7, 11) is 3.05. The van der Waals surface area contributed by atoms with Gasteiger partial charge in [-0.2, -0.15) is 0 Å². The van der Waals surface area contributed by atoms with E-state index < -0.39 is 11.9 Å². The number of piperazine rings is 1. The Morgan fingerprint density at radius 2 is 1.62 bits per heavy atom. The minimum absolute atomic E-state index is 0.00990. The zero-order valence-electron chi connectivity index (χ0n) is 22.8. The van der Waals surface area contributed by atoms with Crippen molar-refractivity contribution in [3.8, 4) is 22.8 Å². The lowest BCUT2D eigenvalue weighted by molar-refractivity contribution is 0.0406. The number of carbonyl (C=O) groups excluding carboxylic acids is 3. The molecular formula is C29H32N4O6. The molecule has 0 radical (unpaired) electrons. The van der Waals surface area contributed by atoms with Gasteiger partial charge in [-0.3, -0.25) is 9.59 Å². The molecule has 10 heteroatoms. The number of hydrogen-bond donors (Lipinski definition) is 0. The first kappa shape index (κ1) is 27.6. The Balaban J connectivity index is 1.62. The van der Waals surface area contributed by atoms with E-state index in [-0.39, 0.29) is 42.9 Å². The van der Waals surface area contributed by atoms with Crippen LogP contribution in [0.4, 0.5) is 0 Å². The minimum Gasteiger partial charge on any atom is -0.497 e. The summed E-state index contributed by atoms with van der Waals surface area (Å²) in [6.45, 7) is 6.23. The van der Waals surface area contributed by atoms with E-state index >= 15 is 0 Å². The lowest BCUT2D eigenvalue weighted by Gasteiger charge is -2.40. The molecular weight excluding hydrogens is 500 g/mol. The van der Waals surface area contributed by atoms with E-state index in [0.29, 0.717) is 40.7 Å². The molecule has 1 aromatic heterocycles. The van der Waals surface area contributed by atoms with E-state index in [0.717, 1.165) is 0 Å². The number of nitrogens with zero attached hydrogens (tertiary/aromatic N) is 4. The number of ether oxygens (including phenoxy) is 3. The zero-order valence-corrected chi connectivity index (χ0v) is 22.8. The Hall–Kier alpha value is -4.47. The van der Waals surface area contributed by atoms with Crippen LogP contribution in [-0.2, 0) is 4.74 Å². The van der Waals surface area contributed by atoms with Gasteiger partial charge < -0.3 is 24.0 Å². The maximum Gasteiger partial charge on any atom is 0.342 e. The molecule has 4 rings (SSSR count). The van der Waals surface area contributed by atoms with E-state index in [2.05, 4.69) is 9.97 Å². The third kappa shape index (κ3) is 5.84. The first-order valence-corrected chi connectivity index (χ1v) is 12.7. The summed E-state index contributed by atoms with van der Waals surface area (Å²) in [5.74, 6) is 0.122. The van der Waals surface area contributed by atoms with E-state index in [9.17, 15) is 14.4 Å². The summed E-state index contributed by atoms with van der Waals surface area (Å²) in [6, 6.07) is 13.9. The molecule has 1 aliphatic rings. The quantitative estimate of drug-likeness (QED) is 0.424. The van der Waals surface area contributed by atoms with Gasteiger partial charge in [-0.05, 0) is 32.9 Å². The molecule has 2 aromatic carbocycles. The summed E-state index contributed by atoms with van der Waals surface area (Å²) in [6.07, 6.45) is 0. The van der Waals surface area contributed by atoms with Gasteiger partial charge in [-0.1, -0.05) is 30.3 Å². The number of rotatable bonds is 7. The number of benzene rings is 2. The molecule has 0 aliphatic carbocycles. The molecule has 1 fully saturated rings. The number of aryl methyl sites for hydroxylation is 1. The highest BCUT2D eigenvalue weighted by Gasteiger charge is 2.35. The molecule has 0 saturated carbocycles. The van der Waals surface area contributed by atoms with E-state index in [1.807, 2.05) is 37.3 Å². The fourth-order valence-electron chi connectivity index (χ4n) is 4.62. The fraction of sp³-hybridized carbons (Fsp3) is 0.345. The number of methoxy groups -OCH3 is 2. The van der Waals surface area contributed by atoms with Gasteiger partial charge in [-0.15, -0.1) is 0 Å². The summed E-state index contributed by atoms with van der Waals surface area (Å²) < 4.78 is 15.9. The second-order valence-electron chi connectivity index (χ2n) is 9.13. The number of hydrogen-bond acceptors (Lipinski definition) is 8. The Bertz CT molecular complexity index is 1360. The van der Waals surface area contributed by atoms with E-state index in [1.54, 1.807) is 41.8 Å². The highest BCUT2D eigenvalue weighted by molar-refractivity contribution is 6.07. The van der Waals surface area contributed by atoms with Crippen LogP contribution in [0.3, 0.4) is 0 Å². The Labute approximate surface area is 227 Å². The van der Waals surface area contributed by atoms with Crippen molar-refractivity contribution in [1.82, 2.24) is 19.8 Å². The molecule has 1 saturated heterocycles. The van der Waals surface area contributed by atoms with Gasteiger partial charge in [0.2, 0.25) is 0 Å². The predicted molar refractivity (Wildman–Crippen MR) is 144 cm³/mol. The van der Waals surface area contributed by atoms with Gasteiger partial charge in [-0.25, -0.2) is 14.8 Å². The number of aromatic nitrogens is 2. The van der Waals surface area contributed by atoms with Crippen molar-refractivity contribution in [3.05, 3.63) is 71.2 Å². The maximum atomic E-state index is 13.8. The molecule has 1 unspecified atom stereocenters. The minimum atomic E-state index is -0.659. The van der Waals surface area contributed by atoms with Gasteiger partial charge in [0.15, 0.2) is 0 Å². The van der Waals surface area contributed by atoms with Crippen molar-refractivity contribution in [1.29, 1.82) is 0 Å². The first-order chi connectivity index (χ1) is 18.8. The monoisotopic (exact) mass is 532 g/mol. The number of amides is 2. The summed E-state index contributed by atoms with van der Waals surface area (Å²) in [5, 5.41) is 0. The smallest absolute Gasteiger partial charge is 0.342 e. The molecule has 0 spiro atoms. The van der Waals surface area contributed by atoms with E-state index in [4.69, 9.17) is 14.2 Å². The third-order valence-corrected chi connectivity index (χ3v) is 6.52. The third-order valence-electron chi connectivity index (χ3n) is 6.52. The van der Waals surface area contributed by atoms with E-state index in [1.165, 1.54) is 14.2 Å². The molecule has 39 heavy (non-hydrogen) atoms. The van der Waals surface area contributed by atoms with Crippen molar-refractivity contribution in [3.63, 3.8) is 0 Å². The van der Waals surface area contributed by atoms with Crippen LogP contribution in [0.5, 0.6) is 11.5 Å². The average Bonchev–Trinajstić information content (AvgIpc) is 2.96. The van der Waals surface area contributed by atoms with Crippen molar-refractivity contribution in [2.24, 2.45) is 0 Å². The van der Waals surface area contributed by atoms with Gasteiger partial charge in [0, 0.05) is 42.9 Å². The lowest BCUT2D eigenvalue weighted by atomic mass is 10.0. The van der Waals surface area contributed by atoms with Gasteiger partial charge in [0.05, 0.1) is 26.5 Å². The lowest BCUT2D eigenvalue weighted by Crippen LogP contribution is -2.55. The summed E-state index contributed by atoms with van der Waals surface area (Å²) in [4.78, 5) is 52.5. The molecule has 3 aromatic rings. The first-order valence-electron chi connectivity index (χ1n) is 12.7.